The number of benzene rings is 1. The summed E-state index contributed by atoms with van der Waals surface area (Å²) in [6.07, 6.45) is 2.08. The summed E-state index contributed by atoms with van der Waals surface area (Å²) >= 11 is 6.46. The van der Waals surface area contributed by atoms with Gasteiger partial charge in [-0.1, -0.05) is 36.9 Å². The minimum absolute atomic E-state index is 0.167. The Bertz CT molecular complexity index is 402. The topological polar surface area (TPSA) is 12.5 Å². The number of rotatable bonds is 3. The van der Waals surface area contributed by atoms with Gasteiger partial charge in [-0.05, 0) is 24.0 Å². The molecule has 3 rings (SSSR count). The molecule has 1 aromatic carbocycles. The highest BCUT2D eigenvalue weighted by molar-refractivity contribution is 6.28. The standard InChI is InChI=1S/C13H13ClO/c1-10(11-5-3-2-4-6-11)13(9-15-13)12(14)7-8-12/h2-6H,1,7-9H2. The Morgan fingerprint density at radius 1 is 1.27 bits per heavy atom. The number of ether oxygens (including phenoxy) is 1. The summed E-state index contributed by atoms with van der Waals surface area (Å²) in [5, 5.41) is 0. The lowest BCUT2D eigenvalue weighted by atomic mass is 9.90. The van der Waals surface area contributed by atoms with Crippen LogP contribution >= 0.6 is 11.6 Å². The first-order valence-corrected chi connectivity index (χ1v) is 5.63. The van der Waals surface area contributed by atoms with Crippen molar-refractivity contribution < 1.29 is 4.74 Å². The van der Waals surface area contributed by atoms with E-state index in [1.54, 1.807) is 0 Å². The lowest BCUT2D eigenvalue weighted by molar-refractivity contribution is 0.343. The number of alkyl halides is 1. The number of epoxide rings is 1. The summed E-state index contributed by atoms with van der Waals surface area (Å²) in [5.74, 6) is 0. The van der Waals surface area contributed by atoms with E-state index in [9.17, 15) is 0 Å². The highest BCUT2D eigenvalue weighted by Crippen LogP contribution is 2.62. The average Bonchev–Trinajstić information content (AvgIpc) is 3.13. The minimum atomic E-state index is -0.268. The second-order valence-electron chi connectivity index (χ2n) is 4.43. The molecule has 1 saturated carbocycles. The van der Waals surface area contributed by atoms with E-state index < -0.39 is 0 Å². The summed E-state index contributed by atoms with van der Waals surface area (Å²) < 4.78 is 5.61. The Morgan fingerprint density at radius 2 is 1.87 bits per heavy atom. The number of hydrogen-bond donors (Lipinski definition) is 0. The molecule has 1 unspecified atom stereocenters. The molecule has 2 fully saturated rings. The molecule has 0 bridgehead atoms. The predicted octanol–water partition coefficient (Wildman–Crippen LogP) is 3.24. The maximum Gasteiger partial charge on any atom is 0.136 e. The zero-order valence-electron chi connectivity index (χ0n) is 8.50. The van der Waals surface area contributed by atoms with Crippen LogP contribution < -0.4 is 0 Å². The van der Waals surface area contributed by atoms with E-state index in [4.69, 9.17) is 16.3 Å². The van der Waals surface area contributed by atoms with Crippen LogP contribution in [0.25, 0.3) is 5.57 Å². The van der Waals surface area contributed by atoms with Gasteiger partial charge in [-0.25, -0.2) is 0 Å². The van der Waals surface area contributed by atoms with Gasteiger partial charge in [0.2, 0.25) is 0 Å². The zero-order chi connectivity index (χ0) is 10.5. The summed E-state index contributed by atoms with van der Waals surface area (Å²) in [5.41, 5.74) is 1.91. The Morgan fingerprint density at radius 3 is 2.33 bits per heavy atom. The van der Waals surface area contributed by atoms with Crippen molar-refractivity contribution in [1.82, 2.24) is 0 Å². The van der Waals surface area contributed by atoms with Crippen molar-refractivity contribution in [3.05, 3.63) is 42.5 Å². The van der Waals surface area contributed by atoms with Crippen LogP contribution in [0.5, 0.6) is 0 Å². The summed E-state index contributed by atoms with van der Waals surface area (Å²) in [4.78, 5) is -0.167. The maximum absolute atomic E-state index is 6.46. The molecule has 15 heavy (non-hydrogen) atoms. The second-order valence-corrected chi connectivity index (χ2v) is 5.15. The molecule has 2 heteroatoms. The van der Waals surface area contributed by atoms with Gasteiger partial charge in [0.1, 0.15) is 5.60 Å². The van der Waals surface area contributed by atoms with E-state index in [1.165, 1.54) is 0 Å². The van der Waals surface area contributed by atoms with Crippen LogP contribution in [-0.4, -0.2) is 17.1 Å². The van der Waals surface area contributed by atoms with Gasteiger partial charge in [0.15, 0.2) is 0 Å². The van der Waals surface area contributed by atoms with Crippen LogP contribution in [0.1, 0.15) is 18.4 Å². The first kappa shape index (κ1) is 9.44. The molecule has 1 heterocycles. The molecule has 2 aliphatic rings. The van der Waals surface area contributed by atoms with Crippen LogP contribution in [0.4, 0.5) is 0 Å². The Hall–Kier alpha value is -0.790. The monoisotopic (exact) mass is 220 g/mol. The van der Waals surface area contributed by atoms with Crippen LogP contribution in [0.2, 0.25) is 0 Å². The minimum Gasteiger partial charge on any atom is -0.363 e. The van der Waals surface area contributed by atoms with Crippen molar-refractivity contribution in [2.24, 2.45) is 0 Å². The molecule has 78 valence electrons. The SMILES string of the molecule is C=C(c1ccccc1)C1(C2(Cl)CC2)CO1. The Balaban J connectivity index is 1.93. The summed E-state index contributed by atoms with van der Waals surface area (Å²) in [6.45, 7) is 4.88. The molecular formula is C13H13ClO. The molecule has 1 saturated heterocycles. The molecular weight excluding hydrogens is 208 g/mol. The molecule has 0 N–H and O–H groups in total. The van der Waals surface area contributed by atoms with Gasteiger partial charge < -0.3 is 4.74 Å². The zero-order valence-corrected chi connectivity index (χ0v) is 9.26. The van der Waals surface area contributed by atoms with Crippen LogP contribution in [0.15, 0.2) is 36.9 Å². The van der Waals surface area contributed by atoms with E-state index in [-0.39, 0.29) is 10.5 Å². The van der Waals surface area contributed by atoms with E-state index in [0.717, 1.165) is 30.6 Å². The highest BCUT2D eigenvalue weighted by Gasteiger charge is 2.68. The van der Waals surface area contributed by atoms with E-state index in [2.05, 4.69) is 18.7 Å². The van der Waals surface area contributed by atoms with Gasteiger partial charge in [-0.2, -0.15) is 0 Å². The first-order valence-electron chi connectivity index (χ1n) is 5.26. The summed E-state index contributed by atoms with van der Waals surface area (Å²) in [7, 11) is 0. The van der Waals surface area contributed by atoms with E-state index in [0.29, 0.717) is 0 Å². The molecule has 0 aromatic heterocycles. The third-order valence-electron chi connectivity index (χ3n) is 3.46. The smallest absolute Gasteiger partial charge is 0.136 e. The molecule has 1 aliphatic carbocycles. The van der Waals surface area contributed by atoms with Crippen molar-refractivity contribution in [3.8, 4) is 0 Å². The molecule has 0 radical (unpaired) electrons. The highest BCUT2D eigenvalue weighted by atomic mass is 35.5. The van der Waals surface area contributed by atoms with Crippen molar-refractivity contribution >= 4 is 17.2 Å². The molecule has 1 nitrogen and oxygen atoms in total. The fourth-order valence-corrected chi connectivity index (χ4v) is 2.48. The average molecular weight is 221 g/mol. The molecule has 0 spiro atoms. The third kappa shape index (κ3) is 1.27. The van der Waals surface area contributed by atoms with Crippen molar-refractivity contribution in [2.75, 3.05) is 6.61 Å². The normalized spacial score (nSPS) is 31.0. The van der Waals surface area contributed by atoms with Gasteiger partial charge in [0.25, 0.3) is 0 Å². The molecule has 1 atom stereocenters. The van der Waals surface area contributed by atoms with Crippen LogP contribution in [0.3, 0.4) is 0 Å². The predicted molar refractivity (Wildman–Crippen MR) is 62.0 cm³/mol. The van der Waals surface area contributed by atoms with Gasteiger partial charge >= 0.3 is 0 Å². The lowest BCUT2D eigenvalue weighted by Gasteiger charge is -2.20. The van der Waals surface area contributed by atoms with E-state index in [1.807, 2.05) is 18.2 Å². The first-order chi connectivity index (χ1) is 7.18. The fourth-order valence-electron chi connectivity index (χ4n) is 2.16. The number of halogens is 1. The third-order valence-corrected chi connectivity index (χ3v) is 4.14. The van der Waals surface area contributed by atoms with Crippen molar-refractivity contribution in [1.29, 1.82) is 0 Å². The van der Waals surface area contributed by atoms with E-state index >= 15 is 0 Å². The molecule has 1 aliphatic heterocycles. The molecule has 1 aromatic rings. The Labute approximate surface area is 94.7 Å². The van der Waals surface area contributed by atoms with Gasteiger partial charge in [0, 0.05) is 0 Å². The maximum atomic E-state index is 6.46. The summed E-state index contributed by atoms with van der Waals surface area (Å²) in [6, 6.07) is 10.2. The van der Waals surface area contributed by atoms with Gasteiger partial charge in [-0.3, -0.25) is 0 Å². The largest absolute Gasteiger partial charge is 0.363 e. The quantitative estimate of drug-likeness (QED) is 0.563. The fraction of sp³-hybridized carbons (Fsp3) is 0.385. The second kappa shape index (κ2) is 2.87. The van der Waals surface area contributed by atoms with Crippen molar-refractivity contribution in [2.45, 2.75) is 23.3 Å². The Kier molecular flexibility index (Phi) is 1.80. The van der Waals surface area contributed by atoms with Crippen LogP contribution in [0, 0.1) is 0 Å². The molecule has 0 amide bonds. The number of hydrogen-bond acceptors (Lipinski definition) is 1. The van der Waals surface area contributed by atoms with Crippen molar-refractivity contribution in [3.63, 3.8) is 0 Å². The van der Waals surface area contributed by atoms with Crippen LogP contribution in [-0.2, 0) is 4.74 Å². The lowest BCUT2D eigenvalue weighted by Crippen LogP contribution is -2.28. The van der Waals surface area contributed by atoms with Gasteiger partial charge in [0.05, 0.1) is 11.5 Å². The van der Waals surface area contributed by atoms with Gasteiger partial charge in [-0.15, -0.1) is 11.6 Å².